The van der Waals surface area contributed by atoms with Gasteiger partial charge >= 0.3 is 6.03 Å². The van der Waals surface area contributed by atoms with E-state index in [1.54, 1.807) is 0 Å². The third-order valence-electron chi connectivity index (χ3n) is 4.62. The molecule has 2 amide bonds. The van der Waals surface area contributed by atoms with E-state index >= 15 is 0 Å². The number of hydrogen-bond donors (Lipinski definition) is 2. The molecule has 5 nitrogen and oxygen atoms in total. The molecule has 0 bridgehead atoms. The molecular weight excluding hydrogens is 314 g/mol. The van der Waals surface area contributed by atoms with Crippen molar-refractivity contribution in [2.24, 2.45) is 5.92 Å². The molecular formula is C20H33N3O2. The van der Waals surface area contributed by atoms with E-state index in [0.29, 0.717) is 19.1 Å². The summed E-state index contributed by atoms with van der Waals surface area (Å²) >= 11 is 0. The van der Waals surface area contributed by atoms with Crippen molar-refractivity contribution in [1.82, 2.24) is 15.5 Å². The molecule has 1 aromatic rings. The van der Waals surface area contributed by atoms with E-state index in [2.05, 4.69) is 41.5 Å². The first-order valence-corrected chi connectivity index (χ1v) is 9.58. The molecule has 1 fully saturated rings. The predicted molar refractivity (Wildman–Crippen MR) is 102 cm³/mol. The van der Waals surface area contributed by atoms with E-state index < -0.39 is 0 Å². The van der Waals surface area contributed by atoms with Crippen LogP contribution in [0.15, 0.2) is 24.3 Å². The topological polar surface area (TPSA) is 53.6 Å². The number of hydrogen-bond acceptors (Lipinski definition) is 3. The molecule has 25 heavy (non-hydrogen) atoms. The molecule has 5 heteroatoms. The molecule has 1 unspecified atom stereocenters. The van der Waals surface area contributed by atoms with Crippen molar-refractivity contribution < 1.29 is 9.53 Å². The minimum absolute atomic E-state index is 0.0733. The summed E-state index contributed by atoms with van der Waals surface area (Å²) in [6, 6.07) is 8.42. The molecule has 1 saturated heterocycles. The number of carbonyl (C=O) groups is 1. The first kappa shape index (κ1) is 19.6. The SMILES string of the molecule is CCOc1ccc(C(CNC(=O)NCCC(C)C)N2CCCC2)cc1. The summed E-state index contributed by atoms with van der Waals surface area (Å²) in [6.45, 7) is 10.5. The molecule has 0 radical (unpaired) electrons. The van der Waals surface area contributed by atoms with Crippen LogP contribution in [0.5, 0.6) is 5.75 Å². The van der Waals surface area contributed by atoms with Crippen molar-refractivity contribution in [1.29, 1.82) is 0 Å². The lowest BCUT2D eigenvalue weighted by atomic mass is 10.1. The molecule has 1 atom stereocenters. The number of urea groups is 1. The average Bonchev–Trinajstić information content (AvgIpc) is 3.11. The number of likely N-dealkylation sites (tertiary alicyclic amines) is 1. The first-order valence-electron chi connectivity index (χ1n) is 9.58. The van der Waals surface area contributed by atoms with Gasteiger partial charge in [-0.1, -0.05) is 26.0 Å². The zero-order chi connectivity index (χ0) is 18.1. The Bertz CT molecular complexity index is 510. The predicted octanol–water partition coefficient (Wildman–Crippen LogP) is 3.57. The first-order chi connectivity index (χ1) is 12.1. The molecule has 0 spiro atoms. The van der Waals surface area contributed by atoms with E-state index in [-0.39, 0.29) is 12.1 Å². The molecule has 2 rings (SSSR count). The Balaban J connectivity index is 1.93. The van der Waals surface area contributed by atoms with Gasteiger partial charge in [-0.3, -0.25) is 4.90 Å². The van der Waals surface area contributed by atoms with Crippen LogP contribution >= 0.6 is 0 Å². The fourth-order valence-corrected chi connectivity index (χ4v) is 3.19. The van der Waals surface area contributed by atoms with Gasteiger partial charge in [0.1, 0.15) is 5.75 Å². The van der Waals surface area contributed by atoms with Crippen LogP contribution in [0.25, 0.3) is 0 Å². The summed E-state index contributed by atoms with van der Waals surface area (Å²) in [6.07, 6.45) is 3.46. The van der Waals surface area contributed by atoms with Crippen LogP contribution in [0.1, 0.15) is 51.6 Å². The second kappa shape index (κ2) is 10.3. The molecule has 0 aromatic heterocycles. The van der Waals surface area contributed by atoms with E-state index in [1.807, 2.05) is 19.1 Å². The summed E-state index contributed by atoms with van der Waals surface area (Å²) < 4.78 is 5.53. The molecule has 140 valence electrons. The lowest BCUT2D eigenvalue weighted by molar-refractivity contribution is 0.220. The van der Waals surface area contributed by atoms with Gasteiger partial charge in [-0.15, -0.1) is 0 Å². The van der Waals surface area contributed by atoms with Crippen molar-refractivity contribution >= 4 is 6.03 Å². The van der Waals surface area contributed by atoms with Gasteiger partial charge in [0.2, 0.25) is 0 Å². The van der Waals surface area contributed by atoms with E-state index in [9.17, 15) is 4.79 Å². The summed E-state index contributed by atoms with van der Waals surface area (Å²) in [5, 5.41) is 6.00. The Labute approximate surface area is 152 Å². The van der Waals surface area contributed by atoms with Crippen molar-refractivity contribution in [2.45, 2.75) is 46.1 Å². The van der Waals surface area contributed by atoms with E-state index in [4.69, 9.17) is 4.74 Å². The van der Waals surface area contributed by atoms with Crippen LogP contribution in [0.2, 0.25) is 0 Å². The van der Waals surface area contributed by atoms with Crippen molar-refractivity contribution in [2.75, 3.05) is 32.8 Å². The number of nitrogens with one attached hydrogen (secondary N) is 2. The van der Waals surface area contributed by atoms with Gasteiger partial charge in [0.05, 0.1) is 12.6 Å². The van der Waals surface area contributed by atoms with Crippen LogP contribution in [-0.4, -0.2) is 43.7 Å². The van der Waals surface area contributed by atoms with Gasteiger partial charge in [-0.25, -0.2) is 4.79 Å². The van der Waals surface area contributed by atoms with Gasteiger partial charge < -0.3 is 15.4 Å². The Morgan fingerprint density at radius 1 is 1.16 bits per heavy atom. The minimum atomic E-state index is -0.0733. The van der Waals surface area contributed by atoms with Crippen LogP contribution < -0.4 is 15.4 Å². The van der Waals surface area contributed by atoms with Crippen molar-refractivity contribution in [3.63, 3.8) is 0 Å². The maximum atomic E-state index is 12.1. The van der Waals surface area contributed by atoms with Gasteiger partial charge in [-0.2, -0.15) is 0 Å². The zero-order valence-electron chi connectivity index (χ0n) is 15.9. The minimum Gasteiger partial charge on any atom is -0.494 e. The van der Waals surface area contributed by atoms with Crippen LogP contribution in [0.4, 0.5) is 4.79 Å². The summed E-state index contributed by atoms with van der Waals surface area (Å²) in [7, 11) is 0. The Morgan fingerprint density at radius 2 is 1.84 bits per heavy atom. The summed E-state index contributed by atoms with van der Waals surface area (Å²) in [5.41, 5.74) is 1.23. The highest BCUT2D eigenvalue weighted by molar-refractivity contribution is 5.73. The highest BCUT2D eigenvalue weighted by Crippen LogP contribution is 2.26. The normalized spacial score (nSPS) is 16.0. The maximum absolute atomic E-state index is 12.1. The molecule has 2 N–H and O–H groups in total. The van der Waals surface area contributed by atoms with Crippen molar-refractivity contribution in [3.8, 4) is 5.75 Å². The second-order valence-corrected chi connectivity index (χ2v) is 7.08. The number of nitrogens with zero attached hydrogens (tertiary/aromatic N) is 1. The van der Waals surface area contributed by atoms with Crippen LogP contribution in [0, 0.1) is 5.92 Å². The molecule has 1 aliphatic heterocycles. The smallest absolute Gasteiger partial charge is 0.314 e. The molecule has 1 aromatic carbocycles. The standard InChI is InChI=1S/C20H33N3O2/c1-4-25-18-9-7-17(8-10-18)19(23-13-5-6-14-23)15-22-20(24)21-12-11-16(2)3/h7-10,16,19H,4-6,11-15H2,1-3H3,(H2,21,22,24). The van der Waals surface area contributed by atoms with Crippen LogP contribution in [-0.2, 0) is 0 Å². The quantitative estimate of drug-likeness (QED) is 0.718. The third kappa shape index (κ3) is 6.58. The van der Waals surface area contributed by atoms with E-state index in [0.717, 1.165) is 31.8 Å². The number of benzene rings is 1. The Kier molecular flexibility index (Phi) is 8.06. The fourth-order valence-electron chi connectivity index (χ4n) is 3.19. The van der Waals surface area contributed by atoms with Gasteiger partial charge in [0.25, 0.3) is 0 Å². The lowest BCUT2D eigenvalue weighted by Crippen LogP contribution is -2.42. The molecule has 0 aliphatic carbocycles. The fraction of sp³-hybridized carbons (Fsp3) is 0.650. The molecule has 0 saturated carbocycles. The Hall–Kier alpha value is -1.75. The second-order valence-electron chi connectivity index (χ2n) is 7.08. The van der Waals surface area contributed by atoms with Gasteiger partial charge in [0, 0.05) is 13.1 Å². The number of rotatable bonds is 9. The largest absolute Gasteiger partial charge is 0.494 e. The number of amides is 2. The zero-order valence-corrected chi connectivity index (χ0v) is 15.9. The van der Waals surface area contributed by atoms with Gasteiger partial charge in [0.15, 0.2) is 0 Å². The average molecular weight is 348 g/mol. The molecule has 1 aliphatic rings. The third-order valence-corrected chi connectivity index (χ3v) is 4.62. The van der Waals surface area contributed by atoms with E-state index in [1.165, 1.54) is 18.4 Å². The van der Waals surface area contributed by atoms with Gasteiger partial charge in [-0.05, 0) is 62.9 Å². The highest BCUT2D eigenvalue weighted by Gasteiger charge is 2.24. The number of ether oxygens (including phenoxy) is 1. The van der Waals surface area contributed by atoms with Crippen LogP contribution in [0.3, 0.4) is 0 Å². The number of carbonyl (C=O) groups excluding carboxylic acids is 1. The summed E-state index contributed by atoms with van der Waals surface area (Å²) in [5.74, 6) is 1.49. The maximum Gasteiger partial charge on any atom is 0.314 e. The lowest BCUT2D eigenvalue weighted by Gasteiger charge is -2.28. The molecule has 1 heterocycles. The Morgan fingerprint density at radius 3 is 2.44 bits per heavy atom. The summed E-state index contributed by atoms with van der Waals surface area (Å²) in [4.78, 5) is 14.5. The van der Waals surface area contributed by atoms with Crippen molar-refractivity contribution in [3.05, 3.63) is 29.8 Å². The monoisotopic (exact) mass is 347 g/mol. The highest BCUT2D eigenvalue weighted by atomic mass is 16.5.